The van der Waals surface area contributed by atoms with Crippen LogP contribution < -0.4 is 0 Å². The Balaban J connectivity index is 2.08. The Labute approximate surface area is 95.9 Å². The maximum Gasteiger partial charge on any atom is 0.320 e. The minimum Gasteiger partial charge on any atom is -0.393 e. The first-order valence-electron chi connectivity index (χ1n) is 6.03. The summed E-state index contributed by atoms with van der Waals surface area (Å²) < 4.78 is 4.71. The van der Waals surface area contributed by atoms with Crippen molar-refractivity contribution in [1.82, 2.24) is 4.90 Å². The molecule has 16 heavy (non-hydrogen) atoms. The average Bonchev–Trinajstić information content (AvgIpc) is 2.37. The molecule has 0 bridgehead atoms. The van der Waals surface area contributed by atoms with E-state index in [9.17, 15) is 9.59 Å². The average molecular weight is 225 g/mol. The van der Waals surface area contributed by atoms with Crippen molar-refractivity contribution in [1.29, 1.82) is 0 Å². The fourth-order valence-corrected chi connectivity index (χ4v) is 2.71. The van der Waals surface area contributed by atoms with Gasteiger partial charge in [0.15, 0.2) is 0 Å². The lowest BCUT2D eigenvalue weighted by Crippen LogP contribution is -2.33. The zero-order valence-electron chi connectivity index (χ0n) is 9.99. The van der Waals surface area contributed by atoms with Gasteiger partial charge < -0.3 is 9.64 Å². The number of carbonyl (C=O) groups is 2. The van der Waals surface area contributed by atoms with Crippen molar-refractivity contribution < 1.29 is 14.3 Å². The van der Waals surface area contributed by atoms with Gasteiger partial charge in [0.1, 0.15) is 0 Å². The molecule has 0 saturated carbocycles. The molecule has 2 aliphatic rings. The maximum atomic E-state index is 11.7. The normalized spacial score (nSPS) is 32.2. The lowest BCUT2D eigenvalue weighted by molar-refractivity contribution is -0.155. The van der Waals surface area contributed by atoms with Gasteiger partial charge in [-0.3, -0.25) is 9.59 Å². The van der Waals surface area contributed by atoms with Crippen LogP contribution in [0.15, 0.2) is 0 Å². The van der Waals surface area contributed by atoms with E-state index in [1.165, 1.54) is 0 Å². The molecule has 4 nitrogen and oxygen atoms in total. The van der Waals surface area contributed by atoms with E-state index in [4.69, 9.17) is 4.74 Å². The minimum absolute atomic E-state index is 0.289. The molecule has 0 aromatic rings. The first-order valence-corrected chi connectivity index (χ1v) is 6.03. The van der Waals surface area contributed by atoms with E-state index in [-0.39, 0.29) is 18.4 Å². The fraction of sp³-hybridized carbons (Fsp3) is 0.833. The second-order valence-electron chi connectivity index (χ2n) is 5.20. The number of hydrogen-bond donors (Lipinski definition) is 0. The number of likely N-dealkylation sites (tertiary alicyclic amines) is 1. The summed E-state index contributed by atoms with van der Waals surface area (Å²) in [5, 5.41) is 0. The lowest BCUT2D eigenvalue weighted by atomic mass is 9.79. The predicted octanol–water partition coefficient (Wildman–Crippen LogP) is 1.34. The Morgan fingerprint density at radius 1 is 1.25 bits per heavy atom. The molecular weight excluding hydrogens is 206 g/mol. The van der Waals surface area contributed by atoms with Gasteiger partial charge >= 0.3 is 11.9 Å². The van der Waals surface area contributed by atoms with Gasteiger partial charge in [0.05, 0.1) is 11.8 Å². The van der Waals surface area contributed by atoms with E-state index in [1.54, 1.807) is 0 Å². The summed E-state index contributed by atoms with van der Waals surface area (Å²) in [7, 11) is 0. The molecule has 0 aliphatic carbocycles. The molecule has 0 aromatic heterocycles. The van der Waals surface area contributed by atoms with Gasteiger partial charge in [-0.1, -0.05) is 0 Å². The highest BCUT2D eigenvalue weighted by Crippen LogP contribution is 2.40. The smallest absolute Gasteiger partial charge is 0.320 e. The first kappa shape index (κ1) is 11.6. The number of nitrogens with zero attached hydrogens (tertiary/aromatic N) is 1. The highest BCUT2D eigenvalue weighted by molar-refractivity contribution is 5.97. The number of cyclic esters (lactones) is 2. The first-order chi connectivity index (χ1) is 7.53. The highest BCUT2D eigenvalue weighted by Gasteiger charge is 2.49. The van der Waals surface area contributed by atoms with Gasteiger partial charge in [0, 0.05) is 6.04 Å². The Bertz CT molecular complexity index is 313. The summed E-state index contributed by atoms with van der Waals surface area (Å²) in [4.78, 5) is 25.3. The molecule has 1 unspecified atom stereocenters. The largest absolute Gasteiger partial charge is 0.393 e. The van der Waals surface area contributed by atoms with Crippen molar-refractivity contribution in [3.63, 3.8) is 0 Å². The van der Waals surface area contributed by atoms with Crippen LogP contribution in [0.25, 0.3) is 0 Å². The van der Waals surface area contributed by atoms with Crippen LogP contribution in [0, 0.1) is 5.41 Å². The Morgan fingerprint density at radius 2 is 2.00 bits per heavy atom. The van der Waals surface area contributed by atoms with Gasteiger partial charge in [-0.15, -0.1) is 0 Å². The van der Waals surface area contributed by atoms with E-state index in [2.05, 4.69) is 18.7 Å². The molecule has 2 saturated heterocycles. The standard InChI is InChI=1S/C12H19NO3/c1-9(2)13-6-3-4-12(5-7-13)8-10(14)16-11(12)15/h9H,3-8H2,1-2H3. The van der Waals surface area contributed by atoms with Crippen LogP contribution in [-0.2, 0) is 14.3 Å². The van der Waals surface area contributed by atoms with Crippen LogP contribution in [-0.4, -0.2) is 36.0 Å². The SMILES string of the molecule is CC(C)N1CCCC2(CC1)CC(=O)OC2=O. The van der Waals surface area contributed by atoms with Crippen LogP contribution in [0.1, 0.15) is 39.5 Å². The summed E-state index contributed by atoms with van der Waals surface area (Å²) in [6, 6.07) is 0.503. The van der Waals surface area contributed by atoms with E-state index in [0.717, 1.165) is 32.4 Å². The predicted molar refractivity (Wildman–Crippen MR) is 58.7 cm³/mol. The molecule has 0 radical (unpaired) electrons. The molecule has 2 aliphatic heterocycles. The second-order valence-corrected chi connectivity index (χ2v) is 5.20. The molecule has 2 heterocycles. The highest BCUT2D eigenvalue weighted by atomic mass is 16.6. The third kappa shape index (κ3) is 1.98. The van der Waals surface area contributed by atoms with E-state index >= 15 is 0 Å². The third-order valence-corrected chi connectivity index (χ3v) is 3.83. The minimum atomic E-state index is -0.499. The Hall–Kier alpha value is -0.900. The number of hydrogen-bond acceptors (Lipinski definition) is 4. The quantitative estimate of drug-likeness (QED) is 0.499. The molecule has 4 heteroatoms. The molecule has 90 valence electrons. The number of ether oxygens (including phenoxy) is 1. The Kier molecular flexibility index (Phi) is 3.02. The van der Waals surface area contributed by atoms with E-state index < -0.39 is 5.41 Å². The van der Waals surface area contributed by atoms with Crippen LogP contribution in [0.5, 0.6) is 0 Å². The summed E-state index contributed by atoms with van der Waals surface area (Å²) >= 11 is 0. The monoisotopic (exact) mass is 225 g/mol. The fourth-order valence-electron chi connectivity index (χ4n) is 2.71. The lowest BCUT2D eigenvalue weighted by Gasteiger charge is -2.25. The van der Waals surface area contributed by atoms with Crippen LogP contribution in [0.3, 0.4) is 0 Å². The molecule has 1 atom stereocenters. The molecular formula is C12H19NO3. The van der Waals surface area contributed by atoms with Gasteiger partial charge in [0.2, 0.25) is 0 Å². The second kappa shape index (κ2) is 4.17. The maximum absolute atomic E-state index is 11.7. The Morgan fingerprint density at radius 3 is 2.56 bits per heavy atom. The van der Waals surface area contributed by atoms with Crippen molar-refractivity contribution in [3.05, 3.63) is 0 Å². The summed E-state index contributed by atoms with van der Waals surface area (Å²) in [6.45, 7) is 6.23. The van der Waals surface area contributed by atoms with Gasteiger partial charge in [-0.25, -0.2) is 0 Å². The third-order valence-electron chi connectivity index (χ3n) is 3.83. The molecule has 0 amide bonds. The topological polar surface area (TPSA) is 46.6 Å². The molecule has 2 rings (SSSR count). The van der Waals surface area contributed by atoms with Crippen molar-refractivity contribution in [2.24, 2.45) is 5.41 Å². The molecule has 2 fully saturated rings. The van der Waals surface area contributed by atoms with E-state index in [0.29, 0.717) is 6.04 Å². The van der Waals surface area contributed by atoms with Crippen molar-refractivity contribution in [2.75, 3.05) is 13.1 Å². The summed E-state index contributed by atoms with van der Waals surface area (Å²) in [5.74, 6) is -0.633. The number of carbonyl (C=O) groups excluding carboxylic acids is 2. The number of esters is 2. The summed E-state index contributed by atoms with van der Waals surface area (Å²) in [6.07, 6.45) is 2.81. The van der Waals surface area contributed by atoms with Crippen molar-refractivity contribution >= 4 is 11.9 Å². The molecule has 0 N–H and O–H groups in total. The summed E-state index contributed by atoms with van der Waals surface area (Å²) in [5.41, 5.74) is -0.499. The van der Waals surface area contributed by atoms with Gasteiger partial charge in [0.25, 0.3) is 0 Å². The zero-order valence-corrected chi connectivity index (χ0v) is 9.99. The van der Waals surface area contributed by atoms with Crippen molar-refractivity contribution in [3.8, 4) is 0 Å². The van der Waals surface area contributed by atoms with Crippen LogP contribution in [0.4, 0.5) is 0 Å². The van der Waals surface area contributed by atoms with Crippen LogP contribution >= 0.6 is 0 Å². The van der Waals surface area contributed by atoms with Gasteiger partial charge in [-0.05, 0) is 46.2 Å². The van der Waals surface area contributed by atoms with Crippen LogP contribution in [0.2, 0.25) is 0 Å². The number of rotatable bonds is 1. The molecule has 0 aromatic carbocycles. The van der Waals surface area contributed by atoms with Gasteiger partial charge in [-0.2, -0.15) is 0 Å². The van der Waals surface area contributed by atoms with E-state index in [1.807, 2.05) is 0 Å². The zero-order chi connectivity index (χ0) is 11.8. The van der Waals surface area contributed by atoms with Crippen molar-refractivity contribution in [2.45, 2.75) is 45.6 Å². The molecule has 1 spiro atoms.